The third kappa shape index (κ3) is 5.50. The van der Waals surface area contributed by atoms with E-state index in [1.807, 2.05) is 48.5 Å². The van der Waals surface area contributed by atoms with Crippen LogP contribution in [0.3, 0.4) is 0 Å². The Hall–Kier alpha value is -1.97. The molecule has 3 nitrogen and oxygen atoms in total. The van der Waals surface area contributed by atoms with E-state index in [-0.39, 0.29) is 23.9 Å². The third-order valence-corrected chi connectivity index (χ3v) is 5.41. The molecule has 1 fully saturated rings. The molecular weight excluding hydrogens is 356 g/mol. The van der Waals surface area contributed by atoms with Crippen LogP contribution in [0.2, 0.25) is 0 Å². The average Bonchev–Trinajstić information content (AvgIpc) is 2.68. The van der Waals surface area contributed by atoms with E-state index < -0.39 is 0 Å². The summed E-state index contributed by atoms with van der Waals surface area (Å²) in [7, 11) is 0. The number of carbonyl (C=O) groups is 1. The topological polar surface area (TPSA) is 33.9 Å². The van der Waals surface area contributed by atoms with Crippen LogP contribution in [0, 0.1) is 0 Å². The molecule has 27 heavy (non-hydrogen) atoms. The van der Waals surface area contributed by atoms with Crippen molar-refractivity contribution in [3.63, 3.8) is 0 Å². The second kappa shape index (κ2) is 9.82. The van der Waals surface area contributed by atoms with Crippen molar-refractivity contribution in [2.45, 2.75) is 45.1 Å². The molecule has 1 N–H and O–H groups in total. The molecule has 144 valence electrons. The van der Waals surface area contributed by atoms with E-state index in [0.717, 1.165) is 29.9 Å². The first-order chi connectivity index (χ1) is 12.6. The average molecular weight is 385 g/mol. The van der Waals surface area contributed by atoms with E-state index >= 15 is 0 Å². The maximum Gasteiger partial charge on any atom is 0.250 e. The first kappa shape index (κ1) is 21.3. The van der Waals surface area contributed by atoms with Crippen molar-refractivity contribution in [1.29, 1.82) is 0 Å². The Morgan fingerprint density at radius 3 is 2.07 bits per heavy atom. The Balaban J connectivity index is 0.00000261. The molecule has 0 aromatic heterocycles. The van der Waals surface area contributed by atoms with Crippen LogP contribution >= 0.6 is 0 Å². The number of nitrogens with zero attached hydrogens (tertiary/aromatic N) is 1. The summed E-state index contributed by atoms with van der Waals surface area (Å²) in [6.45, 7) is 6.75. The predicted molar refractivity (Wildman–Crippen MR) is 107 cm³/mol. The highest BCUT2D eigenvalue weighted by atomic mass is 35.5. The number of halogens is 1. The highest BCUT2D eigenvalue weighted by Crippen LogP contribution is 2.14. The molecule has 1 aliphatic rings. The van der Waals surface area contributed by atoms with E-state index in [4.69, 9.17) is 0 Å². The normalized spacial score (nSPS) is 15.9. The van der Waals surface area contributed by atoms with Crippen LogP contribution in [0.1, 0.15) is 44.2 Å². The third-order valence-electron chi connectivity index (χ3n) is 5.41. The van der Waals surface area contributed by atoms with Gasteiger partial charge < -0.3 is 17.3 Å². The van der Waals surface area contributed by atoms with E-state index in [9.17, 15) is 4.79 Å². The summed E-state index contributed by atoms with van der Waals surface area (Å²) in [5.74, 6) is -0.0699. The largest absolute Gasteiger partial charge is 1.00 e. The van der Waals surface area contributed by atoms with Gasteiger partial charge >= 0.3 is 0 Å². The van der Waals surface area contributed by atoms with Gasteiger partial charge in [0, 0.05) is 5.56 Å². The maximum atomic E-state index is 12.7. The van der Waals surface area contributed by atoms with Crippen LogP contribution in [0.15, 0.2) is 65.7 Å². The van der Waals surface area contributed by atoms with E-state index in [1.165, 1.54) is 24.2 Å². The maximum absolute atomic E-state index is 12.7. The molecule has 0 bridgehead atoms. The lowest BCUT2D eigenvalue weighted by Gasteiger charge is -2.38. The summed E-state index contributed by atoms with van der Waals surface area (Å²) in [4.78, 5) is 18.9. The van der Waals surface area contributed by atoms with Crippen LogP contribution in [0.25, 0.3) is 0 Å². The van der Waals surface area contributed by atoms with Crippen molar-refractivity contribution in [3.8, 4) is 0 Å². The molecule has 0 unspecified atom stereocenters. The number of amides is 1. The van der Waals surface area contributed by atoms with Crippen LogP contribution < -0.4 is 17.3 Å². The number of aliphatic imine (C=N–C) groups is 1. The number of quaternary nitrogens is 1. The minimum atomic E-state index is -0.186. The van der Waals surface area contributed by atoms with Gasteiger partial charge in [0.1, 0.15) is 11.3 Å². The Morgan fingerprint density at radius 2 is 1.48 bits per heavy atom. The molecule has 0 spiro atoms. The number of carbonyl (C=O) groups excluding carboxylic acids is 1. The molecule has 0 saturated carbocycles. The zero-order valence-electron chi connectivity index (χ0n) is 16.2. The standard InChI is InChI=1S/C23H28N2O.ClH/c1-23(2,25-16-10-5-11-17-25)22(20-14-8-4-9-15-20)24-21(26)18-19-12-6-3-7-13-19;/h3-4,6-9,12-15H,5,10-11,16-18H2,1-2H3;1H. The van der Waals surface area contributed by atoms with E-state index in [2.05, 4.69) is 31.0 Å². The van der Waals surface area contributed by atoms with Crippen LogP contribution in [-0.2, 0) is 11.2 Å². The first-order valence-corrected chi connectivity index (χ1v) is 9.64. The van der Waals surface area contributed by atoms with Gasteiger partial charge in [0.25, 0.3) is 5.91 Å². The Labute approximate surface area is 168 Å². The zero-order valence-corrected chi connectivity index (χ0v) is 17.0. The van der Waals surface area contributed by atoms with Crippen molar-refractivity contribution in [2.24, 2.45) is 4.99 Å². The highest BCUT2D eigenvalue weighted by Gasteiger charge is 2.38. The lowest BCUT2D eigenvalue weighted by molar-refractivity contribution is -0.941. The molecule has 1 aliphatic heterocycles. The predicted octanol–water partition coefficient (Wildman–Crippen LogP) is 0.0964. The zero-order chi connectivity index (χ0) is 18.4. The van der Waals surface area contributed by atoms with E-state index in [1.54, 1.807) is 0 Å². The fraction of sp³-hybridized carbons (Fsp3) is 0.391. The Kier molecular flexibility index (Phi) is 7.76. The second-order valence-electron chi connectivity index (χ2n) is 7.67. The monoisotopic (exact) mass is 384 g/mol. The summed E-state index contributed by atoms with van der Waals surface area (Å²) >= 11 is 0. The van der Waals surface area contributed by atoms with Crippen molar-refractivity contribution >= 4 is 11.6 Å². The lowest BCUT2D eigenvalue weighted by atomic mass is 9.88. The Bertz CT molecular complexity index is 750. The van der Waals surface area contributed by atoms with Crippen LogP contribution in [-0.4, -0.2) is 30.2 Å². The molecular formula is C23H29ClN2O. The summed E-state index contributed by atoms with van der Waals surface area (Å²) < 4.78 is 0. The number of hydrogen-bond donors (Lipinski definition) is 1. The summed E-state index contributed by atoms with van der Waals surface area (Å²) in [5.41, 5.74) is 2.79. The van der Waals surface area contributed by atoms with Gasteiger partial charge in [-0.15, -0.1) is 0 Å². The molecule has 3 rings (SSSR count). The molecule has 2 aromatic carbocycles. The van der Waals surface area contributed by atoms with E-state index in [0.29, 0.717) is 6.42 Å². The number of piperidine rings is 1. The molecule has 4 heteroatoms. The molecule has 1 amide bonds. The molecule has 0 radical (unpaired) electrons. The fourth-order valence-corrected chi connectivity index (χ4v) is 3.87. The van der Waals surface area contributed by atoms with Gasteiger partial charge in [0.15, 0.2) is 0 Å². The van der Waals surface area contributed by atoms with Crippen molar-refractivity contribution in [3.05, 3.63) is 71.8 Å². The number of hydrogen-bond acceptors (Lipinski definition) is 1. The number of nitrogens with one attached hydrogen (secondary N) is 1. The van der Waals surface area contributed by atoms with Gasteiger partial charge in [-0.3, -0.25) is 4.79 Å². The minimum absolute atomic E-state index is 0. The van der Waals surface area contributed by atoms with Crippen LogP contribution in [0.5, 0.6) is 0 Å². The van der Waals surface area contributed by atoms with Gasteiger partial charge in [-0.1, -0.05) is 60.7 Å². The van der Waals surface area contributed by atoms with Crippen molar-refractivity contribution in [1.82, 2.24) is 0 Å². The lowest BCUT2D eigenvalue weighted by Crippen LogP contribution is -3.21. The molecule has 2 aromatic rings. The number of likely N-dealkylation sites (tertiary alicyclic amines) is 1. The van der Waals surface area contributed by atoms with Gasteiger partial charge in [-0.2, -0.15) is 0 Å². The van der Waals surface area contributed by atoms with Gasteiger partial charge in [0.2, 0.25) is 0 Å². The fourth-order valence-electron chi connectivity index (χ4n) is 3.87. The highest BCUT2D eigenvalue weighted by molar-refractivity contribution is 6.11. The minimum Gasteiger partial charge on any atom is -1.00 e. The molecule has 0 aliphatic carbocycles. The van der Waals surface area contributed by atoms with Crippen molar-refractivity contribution in [2.75, 3.05) is 13.1 Å². The number of benzene rings is 2. The quantitative estimate of drug-likeness (QED) is 0.729. The van der Waals surface area contributed by atoms with Crippen molar-refractivity contribution < 1.29 is 22.1 Å². The number of rotatable bonds is 5. The first-order valence-electron chi connectivity index (χ1n) is 9.64. The van der Waals surface area contributed by atoms with Crippen LogP contribution in [0.4, 0.5) is 0 Å². The SMILES string of the molecule is CC(C)(C(=NC(=O)Cc1ccccc1)c1ccccc1)[NH+]1CCCCC1.[Cl-]. The molecule has 0 atom stereocenters. The van der Waals surface area contributed by atoms with Gasteiger partial charge in [-0.05, 0) is 38.7 Å². The van der Waals surface area contributed by atoms with Gasteiger partial charge in [-0.25, -0.2) is 4.99 Å². The molecule has 1 saturated heterocycles. The second-order valence-corrected chi connectivity index (χ2v) is 7.67. The summed E-state index contributed by atoms with van der Waals surface area (Å²) in [6, 6.07) is 20.1. The summed E-state index contributed by atoms with van der Waals surface area (Å²) in [6.07, 6.45) is 4.16. The smallest absolute Gasteiger partial charge is 0.250 e. The Morgan fingerprint density at radius 1 is 0.926 bits per heavy atom. The van der Waals surface area contributed by atoms with Gasteiger partial charge in [0.05, 0.1) is 19.5 Å². The summed E-state index contributed by atoms with van der Waals surface area (Å²) in [5, 5.41) is 0. The molecule has 1 heterocycles.